The molecule has 1 aromatic heterocycles. The number of nitrogens with zero attached hydrogens (tertiary/aromatic N) is 4. The molecule has 6 heteroatoms. The summed E-state index contributed by atoms with van der Waals surface area (Å²) < 4.78 is 0. The van der Waals surface area contributed by atoms with E-state index in [1.165, 1.54) is 5.01 Å². The average molecular weight is 348 g/mol. The minimum absolute atomic E-state index is 0.0715. The highest BCUT2D eigenvalue weighted by atomic mass is 16.2. The fourth-order valence-corrected chi connectivity index (χ4v) is 3.08. The van der Waals surface area contributed by atoms with Crippen molar-refractivity contribution in [1.29, 1.82) is 0 Å². The van der Waals surface area contributed by atoms with Crippen LogP contribution in [0.2, 0.25) is 0 Å². The molecule has 2 aromatic rings. The lowest BCUT2D eigenvalue weighted by Gasteiger charge is -2.27. The molecule has 0 saturated heterocycles. The number of carbonyl (C=O) groups is 2. The lowest BCUT2D eigenvalue weighted by atomic mass is 10.1. The molecule has 2 amide bonds. The SMILES string of the molecule is O=C1CCC(C(=O)N(Cc2ccncc2)C2CC2)=NN1c1ccccc1. The van der Waals surface area contributed by atoms with E-state index in [2.05, 4.69) is 10.1 Å². The zero-order valence-corrected chi connectivity index (χ0v) is 14.4. The number of rotatable bonds is 5. The summed E-state index contributed by atoms with van der Waals surface area (Å²) >= 11 is 0. The molecule has 4 rings (SSSR count). The maximum Gasteiger partial charge on any atom is 0.270 e. The van der Waals surface area contributed by atoms with Crippen LogP contribution in [0.5, 0.6) is 0 Å². The van der Waals surface area contributed by atoms with Gasteiger partial charge in [-0.2, -0.15) is 5.10 Å². The molecular formula is C20H20N4O2. The number of carbonyl (C=O) groups excluding carboxylic acids is 2. The van der Waals surface area contributed by atoms with Crippen LogP contribution >= 0.6 is 0 Å². The second kappa shape index (κ2) is 7.07. The van der Waals surface area contributed by atoms with E-state index in [0.717, 1.165) is 18.4 Å². The fraction of sp³-hybridized carbons (Fsp3) is 0.300. The van der Waals surface area contributed by atoms with Crippen LogP contribution in [0, 0.1) is 0 Å². The minimum atomic E-state index is -0.0835. The zero-order valence-electron chi connectivity index (χ0n) is 14.4. The summed E-state index contributed by atoms with van der Waals surface area (Å²) in [4.78, 5) is 31.3. The zero-order chi connectivity index (χ0) is 17.9. The number of hydrazone groups is 1. The Bertz CT molecular complexity index is 831. The van der Waals surface area contributed by atoms with Crippen LogP contribution < -0.4 is 5.01 Å². The summed E-state index contributed by atoms with van der Waals surface area (Å²) in [6.45, 7) is 0.546. The van der Waals surface area contributed by atoms with E-state index < -0.39 is 0 Å². The smallest absolute Gasteiger partial charge is 0.270 e. The maximum atomic E-state index is 13.1. The van der Waals surface area contributed by atoms with E-state index in [0.29, 0.717) is 30.8 Å². The quantitative estimate of drug-likeness (QED) is 0.834. The van der Waals surface area contributed by atoms with Gasteiger partial charge >= 0.3 is 0 Å². The third-order valence-corrected chi connectivity index (χ3v) is 4.63. The summed E-state index contributed by atoms with van der Waals surface area (Å²) in [5, 5.41) is 5.76. The van der Waals surface area contributed by atoms with Crippen LogP contribution in [-0.2, 0) is 16.1 Å². The average Bonchev–Trinajstić information content (AvgIpc) is 3.53. The van der Waals surface area contributed by atoms with E-state index >= 15 is 0 Å². The summed E-state index contributed by atoms with van der Waals surface area (Å²) in [5.74, 6) is -0.155. The first-order valence-electron chi connectivity index (χ1n) is 8.88. The van der Waals surface area contributed by atoms with Gasteiger partial charge in [0.05, 0.1) is 5.69 Å². The Morgan fingerprint density at radius 3 is 2.50 bits per heavy atom. The molecular weight excluding hydrogens is 328 g/mol. The van der Waals surface area contributed by atoms with E-state index in [-0.39, 0.29) is 17.9 Å². The van der Waals surface area contributed by atoms with Gasteiger partial charge in [-0.15, -0.1) is 0 Å². The predicted molar refractivity (Wildman–Crippen MR) is 98.4 cm³/mol. The van der Waals surface area contributed by atoms with Gasteiger partial charge in [-0.05, 0) is 42.7 Å². The van der Waals surface area contributed by atoms with Crippen LogP contribution in [0.1, 0.15) is 31.2 Å². The Hall–Kier alpha value is -3.02. The molecule has 1 aliphatic heterocycles. The summed E-state index contributed by atoms with van der Waals surface area (Å²) in [5.41, 5.74) is 2.19. The molecule has 6 nitrogen and oxygen atoms in total. The Morgan fingerprint density at radius 1 is 1.08 bits per heavy atom. The van der Waals surface area contributed by atoms with Gasteiger partial charge in [-0.1, -0.05) is 18.2 Å². The van der Waals surface area contributed by atoms with E-state index in [1.807, 2.05) is 47.4 Å². The first kappa shape index (κ1) is 16.4. The van der Waals surface area contributed by atoms with Crippen molar-refractivity contribution in [3.8, 4) is 0 Å². The molecule has 1 fully saturated rings. The van der Waals surface area contributed by atoms with Gasteiger partial charge in [0.2, 0.25) is 5.91 Å². The molecule has 1 saturated carbocycles. The van der Waals surface area contributed by atoms with Crippen LogP contribution in [0.25, 0.3) is 0 Å². The van der Waals surface area contributed by atoms with Crippen LogP contribution in [-0.4, -0.2) is 33.5 Å². The Morgan fingerprint density at radius 2 is 1.81 bits per heavy atom. The highest BCUT2D eigenvalue weighted by Gasteiger charge is 2.36. The number of amides is 2. The maximum absolute atomic E-state index is 13.1. The lowest BCUT2D eigenvalue weighted by molar-refractivity contribution is -0.125. The molecule has 0 N–H and O–H groups in total. The Balaban J connectivity index is 1.58. The second-order valence-corrected chi connectivity index (χ2v) is 6.61. The molecule has 0 radical (unpaired) electrons. The molecule has 0 bridgehead atoms. The molecule has 2 heterocycles. The van der Waals surface area contributed by atoms with Gasteiger partial charge in [-0.25, -0.2) is 5.01 Å². The molecule has 1 aromatic carbocycles. The highest BCUT2D eigenvalue weighted by molar-refractivity contribution is 6.40. The topological polar surface area (TPSA) is 65.9 Å². The van der Waals surface area contributed by atoms with Gasteiger partial charge in [0, 0.05) is 37.8 Å². The molecule has 0 unspecified atom stereocenters. The summed E-state index contributed by atoms with van der Waals surface area (Å²) in [6, 6.07) is 13.4. The van der Waals surface area contributed by atoms with E-state index in [4.69, 9.17) is 0 Å². The van der Waals surface area contributed by atoms with Crippen LogP contribution in [0.15, 0.2) is 60.0 Å². The Labute approximate surface area is 152 Å². The predicted octanol–water partition coefficient (Wildman–Crippen LogP) is 2.76. The van der Waals surface area contributed by atoms with Crippen molar-refractivity contribution >= 4 is 23.2 Å². The van der Waals surface area contributed by atoms with Gasteiger partial charge in [0.25, 0.3) is 5.91 Å². The van der Waals surface area contributed by atoms with E-state index in [9.17, 15) is 9.59 Å². The highest BCUT2D eigenvalue weighted by Crippen LogP contribution is 2.30. The largest absolute Gasteiger partial charge is 0.330 e. The number of hydrogen-bond donors (Lipinski definition) is 0. The Kier molecular flexibility index (Phi) is 4.48. The van der Waals surface area contributed by atoms with Gasteiger partial charge < -0.3 is 4.90 Å². The van der Waals surface area contributed by atoms with Gasteiger partial charge in [0.15, 0.2) is 0 Å². The molecule has 132 valence electrons. The third-order valence-electron chi connectivity index (χ3n) is 4.63. The molecule has 1 aliphatic carbocycles. The number of para-hydroxylation sites is 1. The number of hydrogen-bond acceptors (Lipinski definition) is 4. The molecule has 0 atom stereocenters. The summed E-state index contributed by atoms with van der Waals surface area (Å²) in [6.07, 6.45) is 6.20. The number of pyridine rings is 1. The normalized spacial score (nSPS) is 17.0. The van der Waals surface area contributed by atoms with Crippen molar-refractivity contribution in [3.05, 3.63) is 60.4 Å². The third kappa shape index (κ3) is 3.49. The van der Waals surface area contributed by atoms with Crippen molar-refractivity contribution in [1.82, 2.24) is 9.88 Å². The van der Waals surface area contributed by atoms with Crippen molar-refractivity contribution in [2.75, 3.05) is 5.01 Å². The van der Waals surface area contributed by atoms with Crippen molar-refractivity contribution in [2.45, 2.75) is 38.3 Å². The fourth-order valence-electron chi connectivity index (χ4n) is 3.08. The lowest BCUT2D eigenvalue weighted by Crippen LogP contribution is -2.42. The number of anilines is 1. The molecule has 0 spiro atoms. The second-order valence-electron chi connectivity index (χ2n) is 6.61. The number of benzene rings is 1. The van der Waals surface area contributed by atoms with Crippen molar-refractivity contribution < 1.29 is 9.59 Å². The number of aromatic nitrogens is 1. The van der Waals surface area contributed by atoms with Crippen LogP contribution in [0.4, 0.5) is 5.69 Å². The van der Waals surface area contributed by atoms with Crippen molar-refractivity contribution in [3.63, 3.8) is 0 Å². The standard InChI is InChI=1S/C20H20N4O2/c25-19-9-8-18(22-24(19)17-4-2-1-3-5-17)20(26)23(16-6-7-16)14-15-10-12-21-13-11-15/h1-5,10-13,16H,6-9,14H2. The first-order chi connectivity index (χ1) is 12.7. The van der Waals surface area contributed by atoms with E-state index in [1.54, 1.807) is 12.4 Å². The van der Waals surface area contributed by atoms with Gasteiger partial charge in [-0.3, -0.25) is 14.6 Å². The molecule has 2 aliphatic rings. The monoisotopic (exact) mass is 348 g/mol. The van der Waals surface area contributed by atoms with Crippen molar-refractivity contribution in [2.24, 2.45) is 5.10 Å². The first-order valence-corrected chi connectivity index (χ1v) is 8.88. The minimum Gasteiger partial charge on any atom is -0.330 e. The summed E-state index contributed by atoms with van der Waals surface area (Å²) in [7, 11) is 0. The van der Waals surface area contributed by atoms with Gasteiger partial charge in [0.1, 0.15) is 5.71 Å². The molecule has 26 heavy (non-hydrogen) atoms. The van der Waals surface area contributed by atoms with Crippen LogP contribution in [0.3, 0.4) is 0 Å².